The number of benzene rings is 2. The van der Waals surface area contributed by atoms with E-state index in [4.69, 9.17) is 10.8 Å². The van der Waals surface area contributed by atoms with Crippen molar-refractivity contribution >= 4 is 47.0 Å². The molecule has 1 aliphatic rings. The monoisotopic (exact) mass is 524 g/mol. The number of thioether (sulfide) groups is 1. The average molecular weight is 525 g/mol. The minimum absolute atomic E-state index is 0.163. The van der Waals surface area contributed by atoms with Crippen molar-refractivity contribution in [3.8, 4) is 0 Å². The molecular weight excluding hydrogens is 480 g/mol. The second-order valence-corrected chi connectivity index (χ2v) is 9.05. The number of carbonyl (C=O) groups is 2. The van der Waals surface area contributed by atoms with Crippen LogP contribution in [0.1, 0.15) is 25.3 Å². The molecule has 1 amide bonds. The van der Waals surface area contributed by atoms with Gasteiger partial charge in [-0.25, -0.2) is 0 Å². The summed E-state index contributed by atoms with van der Waals surface area (Å²) in [6, 6.07) is 14.2. The van der Waals surface area contributed by atoms with Gasteiger partial charge < -0.3 is 21.1 Å². The van der Waals surface area contributed by atoms with Crippen LogP contribution >= 0.6 is 24.4 Å². The first-order valence-electron chi connectivity index (χ1n) is 11.9. The van der Waals surface area contributed by atoms with Crippen molar-refractivity contribution in [3.63, 3.8) is 0 Å². The highest BCUT2D eigenvalue weighted by atomic mass is 32.2. The van der Waals surface area contributed by atoms with Gasteiger partial charge in [0.15, 0.2) is 0 Å². The number of nitrogens with zero attached hydrogens (tertiary/aromatic N) is 2. The number of amides is 1. The summed E-state index contributed by atoms with van der Waals surface area (Å²) in [4.78, 5) is 26.3. The fraction of sp³-hybridized carbons (Fsp3) is 0.538. The topological polar surface area (TPSA) is 98.9 Å². The molecule has 9 heteroatoms. The molecular formula is C26H44N4O3S2. The van der Waals surface area contributed by atoms with Gasteiger partial charge in [-0.3, -0.25) is 14.5 Å². The Labute approximate surface area is 221 Å². The van der Waals surface area contributed by atoms with Crippen LogP contribution in [0.25, 0.3) is 10.8 Å². The molecule has 1 fully saturated rings. The Kier molecular flexibility index (Phi) is 20.4. The van der Waals surface area contributed by atoms with E-state index in [0.717, 1.165) is 24.0 Å². The maximum Gasteiger partial charge on any atom is 0.322 e. The molecule has 0 radical (unpaired) electrons. The molecule has 1 saturated heterocycles. The first-order chi connectivity index (χ1) is 16.9. The SMILES string of the molecule is CCSC.CN(CC(=O)NCC(=O)O)Cc1cccc2ccccc12.CS.NCCN1CCCC1. The predicted octanol–water partition coefficient (Wildman–Crippen LogP) is 3.43. The minimum Gasteiger partial charge on any atom is -0.480 e. The number of likely N-dealkylation sites (tertiary alicyclic amines) is 1. The third kappa shape index (κ3) is 15.8. The van der Waals surface area contributed by atoms with Crippen LogP contribution in [0.4, 0.5) is 0 Å². The van der Waals surface area contributed by atoms with Crippen molar-refractivity contribution in [2.75, 3.05) is 64.6 Å². The van der Waals surface area contributed by atoms with E-state index < -0.39 is 5.97 Å². The standard InChI is InChI=1S/C16H18N2O3.C6H14N2.C3H8S.CH4S/c1-18(11-15(19)17-9-16(20)21)10-13-7-4-6-12-5-2-3-8-14(12)13;7-3-6-8-4-1-2-5-8;1-3-4-2;1-2/h2-8H,9-11H2,1H3,(H,17,19)(H,20,21);1-7H2;3H2,1-2H3;2H,1H3. The number of rotatable bonds is 9. The smallest absolute Gasteiger partial charge is 0.322 e. The average Bonchev–Trinajstić information content (AvgIpc) is 3.38. The lowest BCUT2D eigenvalue weighted by Crippen LogP contribution is -2.37. The van der Waals surface area contributed by atoms with Crippen LogP contribution in [0, 0.1) is 0 Å². The van der Waals surface area contributed by atoms with E-state index in [-0.39, 0.29) is 19.0 Å². The lowest BCUT2D eigenvalue weighted by atomic mass is 10.0. The zero-order chi connectivity index (χ0) is 26.5. The Balaban J connectivity index is 0.000000678. The van der Waals surface area contributed by atoms with Crippen LogP contribution in [0.5, 0.6) is 0 Å². The van der Waals surface area contributed by atoms with Crippen molar-refractivity contribution in [1.82, 2.24) is 15.1 Å². The fourth-order valence-corrected chi connectivity index (χ4v) is 3.44. The van der Waals surface area contributed by atoms with E-state index in [9.17, 15) is 9.59 Å². The Morgan fingerprint density at radius 1 is 1.14 bits per heavy atom. The Morgan fingerprint density at radius 2 is 1.74 bits per heavy atom. The molecule has 1 heterocycles. The summed E-state index contributed by atoms with van der Waals surface area (Å²) in [6.07, 6.45) is 6.54. The lowest BCUT2D eigenvalue weighted by molar-refractivity contribution is -0.138. The summed E-state index contributed by atoms with van der Waals surface area (Å²) in [6.45, 7) is 7.05. The molecule has 0 saturated carbocycles. The molecule has 2 aromatic rings. The fourth-order valence-electron chi connectivity index (χ4n) is 3.44. The summed E-state index contributed by atoms with van der Waals surface area (Å²) >= 11 is 5.38. The molecule has 0 atom stereocenters. The van der Waals surface area contributed by atoms with Crippen molar-refractivity contribution < 1.29 is 14.7 Å². The van der Waals surface area contributed by atoms with Gasteiger partial charge in [0.1, 0.15) is 6.54 Å². The first kappa shape index (κ1) is 33.2. The largest absolute Gasteiger partial charge is 0.480 e. The molecule has 198 valence electrons. The second-order valence-electron chi connectivity index (χ2n) is 7.90. The highest BCUT2D eigenvalue weighted by Gasteiger charge is 2.10. The van der Waals surface area contributed by atoms with Gasteiger partial charge in [-0.05, 0) is 67.6 Å². The molecule has 2 aromatic carbocycles. The molecule has 4 N–H and O–H groups in total. The molecule has 3 rings (SSSR count). The summed E-state index contributed by atoms with van der Waals surface area (Å²) in [5, 5.41) is 13.2. The summed E-state index contributed by atoms with van der Waals surface area (Å²) in [7, 11) is 1.84. The highest BCUT2D eigenvalue weighted by molar-refractivity contribution is 7.98. The molecule has 35 heavy (non-hydrogen) atoms. The number of nitrogens with two attached hydrogens (primary N) is 1. The first-order valence-corrected chi connectivity index (χ1v) is 14.2. The number of carbonyl (C=O) groups excluding carboxylic acids is 1. The van der Waals surface area contributed by atoms with Gasteiger partial charge in [-0.1, -0.05) is 49.4 Å². The van der Waals surface area contributed by atoms with Gasteiger partial charge >= 0.3 is 5.97 Å². The van der Waals surface area contributed by atoms with Crippen molar-refractivity contribution in [1.29, 1.82) is 0 Å². The van der Waals surface area contributed by atoms with E-state index in [1.54, 1.807) is 6.26 Å². The van der Waals surface area contributed by atoms with Gasteiger partial charge in [-0.2, -0.15) is 24.4 Å². The van der Waals surface area contributed by atoms with E-state index in [1.165, 1.54) is 37.1 Å². The number of hydrogen-bond acceptors (Lipinski definition) is 7. The molecule has 0 bridgehead atoms. The van der Waals surface area contributed by atoms with Crippen LogP contribution in [-0.4, -0.2) is 91.4 Å². The molecule has 7 nitrogen and oxygen atoms in total. The van der Waals surface area contributed by atoms with Gasteiger partial charge in [-0.15, -0.1) is 0 Å². The third-order valence-electron chi connectivity index (χ3n) is 5.10. The van der Waals surface area contributed by atoms with Crippen LogP contribution in [0.15, 0.2) is 42.5 Å². The maximum absolute atomic E-state index is 11.6. The number of thiol groups is 1. The van der Waals surface area contributed by atoms with Gasteiger partial charge in [0.25, 0.3) is 0 Å². The van der Waals surface area contributed by atoms with Crippen molar-refractivity contribution in [3.05, 3.63) is 48.0 Å². The predicted molar refractivity (Wildman–Crippen MR) is 155 cm³/mol. The highest BCUT2D eigenvalue weighted by Crippen LogP contribution is 2.19. The van der Waals surface area contributed by atoms with Crippen molar-refractivity contribution in [2.45, 2.75) is 26.3 Å². The summed E-state index contributed by atoms with van der Waals surface area (Å²) < 4.78 is 0. The van der Waals surface area contributed by atoms with Crippen molar-refractivity contribution in [2.24, 2.45) is 5.73 Å². The zero-order valence-electron chi connectivity index (χ0n) is 21.7. The van der Waals surface area contributed by atoms with E-state index in [1.807, 2.05) is 48.0 Å². The van der Waals surface area contributed by atoms with Crippen LogP contribution in [-0.2, 0) is 16.1 Å². The number of likely N-dealkylation sites (N-methyl/N-ethyl adjacent to an activating group) is 1. The summed E-state index contributed by atoms with van der Waals surface area (Å²) in [5.74, 6) is -0.0970. The van der Waals surface area contributed by atoms with Crippen LogP contribution < -0.4 is 11.1 Å². The Bertz CT molecular complexity index is 826. The van der Waals surface area contributed by atoms with Crippen LogP contribution in [0.3, 0.4) is 0 Å². The summed E-state index contributed by atoms with van der Waals surface area (Å²) in [5.41, 5.74) is 6.51. The van der Waals surface area contributed by atoms with Crippen LogP contribution in [0.2, 0.25) is 0 Å². The van der Waals surface area contributed by atoms with Gasteiger partial charge in [0.05, 0.1) is 6.54 Å². The number of hydrogen-bond donors (Lipinski definition) is 4. The Hall–Kier alpha value is -1.78. The molecule has 0 aromatic heterocycles. The quantitative estimate of drug-likeness (QED) is 0.373. The van der Waals surface area contributed by atoms with E-state index in [2.05, 4.69) is 54.2 Å². The number of aliphatic carboxylic acids is 1. The second kappa shape index (κ2) is 21.5. The van der Waals surface area contributed by atoms with E-state index >= 15 is 0 Å². The van der Waals surface area contributed by atoms with E-state index in [0.29, 0.717) is 6.54 Å². The third-order valence-corrected chi connectivity index (χ3v) is 5.68. The van der Waals surface area contributed by atoms with Gasteiger partial charge in [0, 0.05) is 19.6 Å². The molecule has 0 aliphatic carbocycles. The normalized spacial score (nSPS) is 12.5. The zero-order valence-corrected chi connectivity index (χ0v) is 23.4. The number of fused-ring (bicyclic) bond motifs is 1. The molecule has 0 spiro atoms. The molecule has 0 unspecified atom stereocenters. The number of carboxylic acid groups (broad SMARTS) is 1. The van der Waals surface area contributed by atoms with Gasteiger partial charge in [0.2, 0.25) is 5.91 Å². The maximum atomic E-state index is 11.6. The number of carboxylic acids is 1. The molecule has 1 aliphatic heterocycles. The Morgan fingerprint density at radius 3 is 2.31 bits per heavy atom. The minimum atomic E-state index is -1.04. The lowest BCUT2D eigenvalue weighted by Gasteiger charge is -2.17. The number of nitrogens with one attached hydrogen (secondary N) is 1.